The SMILES string of the molecule is CCNC(=NCc1c(C)nn(C)c1C)NC(C)c1ccc(OCC(C)C)cc1.I. The predicted octanol–water partition coefficient (Wildman–Crippen LogP) is 4.51. The summed E-state index contributed by atoms with van der Waals surface area (Å²) in [7, 11) is 1.97. The van der Waals surface area contributed by atoms with E-state index in [1.807, 2.05) is 30.8 Å². The number of rotatable bonds is 8. The van der Waals surface area contributed by atoms with Gasteiger partial charge in [0.2, 0.25) is 0 Å². The van der Waals surface area contributed by atoms with Crippen LogP contribution in [0.4, 0.5) is 0 Å². The molecule has 162 valence electrons. The van der Waals surface area contributed by atoms with E-state index in [2.05, 4.69) is 62.5 Å². The summed E-state index contributed by atoms with van der Waals surface area (Å²) in [5, 5.41) is 11.3. The van der Waals surface area contributed by atoms with Gasteiger partial charge in [0, 0.05) is 24.8 Å². The number of ether oxygens (including phenoxy) is 1. The van der Waals surface area contributed by atoms with Crippen molar-refractivity contribution in [2.75, 3.05) is 13.2 Å². The highest BCUT2D eigenvalue weighted by Crippen LogP contribution is 2.18. The molecule has 0 fully saturated rings. The minimum atomic E-state index is 0. The quantitative estimate of drug-likeness (QED) is 0.310. The average molecular weight is 513 g/mol. The first kappa shape index (κ1) is 25.3. The molecular weight excluding hydrogens is 477 g/mol. The van der Waals surface area contributed by atoms with Gasteiger partial charge < -0.3 is 15.4 Å². The zero-order valence-corrected chi connectivity index (χ0v) is 21.1. The van der Waals surface area contributed by atoms with E-state index in [4.69, 9.17) is 9.73 Å². The smallest absolute Gasteiger partial charge is 0.192 e. The molecule has 1 unspecified atom stereocenters. The largest absolute Gasteiger partial charge is 0.493 e. The van der Waals surface area contributed by atoms with E-state index in [0.29, 0.717) is 12.5 Å². The lowest BCUT2D eigenvalue weighted by Gasteiger charge is -2.19. The molecule has 2 aromatic rings. The van der Waals surface area contributed by atoms with Crippen molar-refractivity contribution in [2.24, 2.45) is 18.0 Å². The molecule has 1 aromatic heterocycles. The number of guanidine groups is 1. The zero-order valence-electron chi connectivity index (χ0n) is 18.7. The lowest BCUT2D eigenvalue weighted by molar-refractivity contribution is 0.271. The van der Waals surface area contributed by atoms with Crippen LogP contribution in [0.1, 0.15) is 56.3 Å². The molecular formula is C22H36IN5O. The second kappa shape index (κ2) is 12.0. The molecule has 0 saturated heterocycles. The van der Waals surface area contributed by atoms with Crippen molar-refractivity contribution in [3.05, 3.63) is 46.8 Å². The van der Waals surface area contributed by atoms with E-state index in [9.17, 15) is 0 Å². The molecule has 7 heteroatoms. The van der Waals surface area contributed by atoms with Crippen LogP contribution in [0, 0.1) is 19.8 Å². The van der Waals surface area contributed by atoms with Gasteiger partial charge in [-0.3, -0.25) is 4.68 Å². The van der Waals surface area contributed by atoms with Crippen LogP contribution in [0.3, 0.4) is 0 Å². The molecule has 0 saturated carbocycles. The first-order chi connectivity index (χ1) is 13.3. The zero-order chi connectivity index (χ0) is 20.7. The van der Waals surface area contributed by atoms with Crippen LogP contribution in [-0.4, -0.2) is 28.9 Å². The first-order valence-electron chi connectivity index (χ1n) is 10.1. The minimum Gasteiger partial charge on any atom is -0.493 e. The monoisotopic (exact) mass is 513 g/mol. The standard InChI is InChI=1S/C22H35N5O.HI/c1-8-23-22(24-13-21-17(5)26-27(7)18(21)6)25-16(4)19-9-11-20(12-10-19)28-14-15(2)3;/h9-12,15-16H,8,13-14H2,1-7H3,(H2,23,24,25);1H. The predicted molar refractivity (Wildman–Crippen MR) is 131 cm³/mol. The fourth-order valence-corrected chi connectivity index (χ4v) is 2.93. The highest BCUT2D eigenvalue weighted by atomic mass is 127. The summed E-state index contributed by atoms with van der Waals surface area (Å²) in [6, 6.07) is 8.40. The Labute approximate surface area is 192 Å². The van der Waals surface area contributed by atoms with Crippen LogP contribution in [0.25, 0.3) is 0 Å². The first-order valence-corrected chi connectivity index (χ1v) is 10.1. The van der Waals surface area contributed by atoms with Gasteiger partial charge in [-0.05, 0) is 51.3 Å². The molecule has 2 N–H and O–H groups in total. The summed E-state index contributed by atoms with van der Waals surface area (Å²) in [6.07, 6.45) is 0. The molecule has 0 bridgehead atoms. The molecule has 1 atom stereocenters. The number of benzene rings is 1. The van der Waals surface area contributed by atoms with Crippen molar-refractivity contribution >= 4 is 29.9 Å². The molecule has 0 aliphatic carbocycles. The molecule has 1 heterocycles. The molecule has 29 heavy (non-hydrogen) atoms. The molecule has 0 aliphatic rings. The third kappa shape index (κ3) is 7.53. The summed E-state index contributed by atoms with van der Waals surface area (Å²) in [5.41, 5.74) is 4.56. The number of nitrogens with one attached hydrogen (secondary N) is 2. The van der Waals surface area contributed by atoms with Gasteiger partial charge in [0.25, 0.3) is 0 Å². The van der Waals surface area contributed by atoms with Crippen molar-refractivity contribution in [3.63, 3.8) is 0 Å². The van der Waals surface area contributed by atoms with Crippen LogP contribution in [0.2, 0.25) is 0 Å². The van der Waals surface area contributed by atoms with E-state index < -0.39 is 0 Å². The summed E-state index contributed by atoms with van der Waals surface area (Å²) >= 11 is 0. The van der Waals surface area contributed by atoms with Crippen LogP contribution in [0.5, 0.6) is 5.75 Å². The van der Waals surface area contributed by atoms with Crippen molar-refractivity contribution in [1.82, 2.24) is 20.4 Å². The third-order valence-electron chi connectivity index (χ3n) is 4.72. The maximum Gasteiger partial charge on any atom is 0.192 e. The fraction of sp³-hybridized carbons (Fsp3) is 0.545. The van der Waals surface area contributed by atoms with Crippen molar-refractivity contribution in [3.8, 4) is 5.75 Å². The highest BCUT2D eigenvalue weighted by Gasteiger charge is 2.11. The Hall–Kier alpha value is -1.77. The summed E-state index contributed by atoms with van der Waals surface area (Å²) in [6.45, 7) is 14.8. The van der Waals surface area contributed by atoms with Crippen LogP contribution < -0.4 is 15.4 Å². The van der Waals surface area contributed by atoms with Crippen LogP contribution in [0.15, 0.2) is 29.3 Å². The molecule has 0 amide bonds. The van der Waals surface area contributed by atoms with Gasteiger partial charge in [-0.2, -0.15) is 5.10 Å². The Kier molecular flexibility index (Phi) is 10.5. The highest BCUT2D eigenvalue weighted by molar-refractivity contribution is 14.0. The van der Waals surface area contributed by atoms with Crippen molar-refractivity contribution in [1.29, 1.82) is 0 Å². The molecule has 6 nitrogen and oxygen atoms in total. The maximum atomic E-state index is 5.77. The number of halogens is 1. The Morgan fingerprint density at radius 3 is 2.34 bits per heavy atom. The number of aryl methyl sites for hydroxylation is 2. The Balaban J connectivity index is 0.00000420. The number of aliphatic imine (C=N–C) groups is 1. The molecule has 0 radical (unpaired) electrons. The second-order valence-electron chi connectivity index (χ2n) is 7.61. The Morgan fingerprint density at radius 2 is 1.83 bits per heavy atom. The molecule has 0 spiro atoms. The molecule has 2 rings (SSSR count). The van der Waals surface area contributed by atoms with Gasteiger partial charge in [0.15, 0.2) is 5.96 Å². The number of hydrogen-bond acceptors (Lipinski definition) is 3. The van der Waals surface area contributed by atoms with Gasteiger partial charge in [-0.25, -0.2) is 4.99 Å². The van der Waals surface area contributed by atoms with E-state index in [1.54, 1.807) is 0 Å². The topological polar surface area (TPSA) is 63.5 Å². The second-order valence-corrected chi connectivity index (χ2v) is 7.61. The van der Waals surface area contributed by atoms with Gasteiger partial charge in [-0.1, -0.05) is 26.0 Å². The van der Waals surface area contributed by atoms with Crippen molar-refractivity contribution in [2.45, 2.75) is 54.1 Å². The minimum absolute atomic E-state index is 0. The van der Waals surface area contributed by atoms with E-state index in [0.717, 1.165) is 36.2 Å². The maximum absolute atomic E-state index is 5.77. The van der Waals surface area contributed by atoms with Gasteiger partial charge in [-0.15, -0.1) is 24.0 Å². The fourth-order valence-electron chi connectivity index (χ4n) is 2.93. The summed E-state index contributed by atoms with van der Waals surface area (Å²) in [4.78, 5) is 4.77. The Bertz CT molecular complexity index is 783. The van der Waals surface area contributed by atoms with Crippen LogP contribution >= 0.6 is 24.0 Å². The summed E-state index contributed by atoms with van der Waals surface area (Å²) in [5.74, 6) is 2.23. The number of aromatic nitrogens is 2. The number of nitrogens with zero attached hydrogens (tertiary/aromatic N) is 3. The number of hydrogen-bond donors (Lipinski definition) is 2. The van der Waals surface area contributed by atoms with Gasteiger partial charge >= 0.3 is 0 Å². The summed E-state index contributed by atoms with van der Waals surface area (Å²) < 4.78 is 7.68. The normalized spacial score (nSPS) is 12.5. The third-order valence-corrected chi connectivity index (χ3v) is 4.72. The Morgan fingerprint density at radius 1 is 1.17 bits per heavy atom. The van der Waals surface area contributed by atoms with Gasteiger partial charge in [0.1, 0.15) is 5.75 Å². The molecule has 0 aliphatic heterocycles. The average Bonchev–Trinajstić information content (AvgIpc) is 2.90. The van der Waals surface area contributed by atoms with E-state index in [-0.39, 0.29) is 30.0 Å². The van der Waals surface area contributed by atoms with E-state index in [1.165, 1.54) is 11.1 Å². The van der Waals surface area contributed by atoms with Crippen LogP contribution in [-0.2, 0) is 13.6 Å². The lowest BCUT2D eigenvalue weighted by Crippen LogP contribution is -2.38. The van der Waals surface area contributed by atoms with Gasteiger partial charge in [0.05, 0.1) is 24.9 Å². The lowest BCUT2D eigenvalue weighted by atomic mass is 10.1. The van der Waals surface area contributed by atoms with Crippen molar-refractivity contribution < 1.29 is 4.74 Å². The molecule has 1 aromatic carbocycles. The van der Waals surface area contributed by atoms with E-state index >= 15 is 0 Å².